The van der Waals surface area contributed by atoms with Crippen LogP contribution in [0.2, 0.25) is 0 Å². The molecule has 0 aliphatic heterocycles. The molecule has 1 saturated carbocycles. The summed E-state index contributed by atoms with van der Waals surface area (Å²) in [5, 5.41) is 7.02. The van der Waals surface area contributed by atoms with Gasteiger partial charge in [-0.3, -0.25) is 4.79 Å². The molecule has 24 heavy (non-hydrogen) atoms. The Morgan fingerprint density at radius 2 is 2.21 bits per heavy atom. The largest absolute Gasteiger partial charge is 0.438 e. The number of ether oxygens (including phenoxy) is 1. The van der Waals surface area contributed by atoms with E-state index >= 15 is 0 Å². The van der Waals surface area contributed by atoms with Gasteiger partial charge in [0.2, 0.25) is 11.8 Å². The van der Waals surface area contributed by atoms with Crippen molar-refractivity contribution in [2.75, 3.05) is 11.1 Å². The van der Waals surface area contributed by atoms with Crippen molar-refractivity contribution < 1.29 is 15.3 Å². The van der Waals surface area contributed by atoms with Gasteiger partial charge in [-0.2, -0.15) is 0 Å². The topological polar surface area (TPSA) is 94.5 Å². The molecular weight excluding hydrogens is 313 g/mol. The van der Waals surface area contributed by atoms with Gasteiger partial charge >= 0.3 is 0 Å². The normalized spacial score (nSPS) is 13.9. The molecule has 0 saturated heterocycles. The number of nitrogens with zero attached hydrogens (tertiary/aromatic N) is 3. The highest BCUT2D eigenvalue weighted by Gasteiger charge is 2.30. The number of aromatic nitrogens is 3. The lowest BCUT2D eigenvalue weighted by molar-refractivity contribution is -0.117. The Morgan fingerprint density at radius 1 is 1.38 bits per heavy atom. The van der Waals surface area contributed by atoms with Gasteiger partial charge in [0.25, 0.3) is 0 Å². The maximum atomic E-state index is 13.2. The Kier molecular flexibility index (Phi) is 3.30. The molecule has 0 spiro atoms. The van der Waals surface area contributed by atoms with Gasteiger partial charge in [-0.05, 0) is 31.0 Å². The number of carbonyl (C=O) groups is 1. The predicted molar refractivity (Wildman–Crippen MR) is 87.3 cm³/mol. The predicted octanol–water partition coefficient (Wildman–Crippen LogP) is 2.84. The van der Waals surface area contributed by atoms with Gasteiger partial charge in [0, 0.05) is 19.5 Å². The molecule has 8 heteroatoms. The van der Waals surface area contributed by atoms with Gasteiger partial charge in [0.15, 0.2) is 11.5 Å². The molecule has 2 aromatic heterocycles. The molecule has 1 aliphatic carbocycles. The fourth-order valence-electron chi connectivity index (χ4n) is 2.26. The van der Waals surface area contributed by atoms with Crippen LogP contribution in [0.3, 0.4) is 0 Å². The van der Waals surface area contributed by atoms with E-state index < -0.39 is 5.82 Å². The van der Waals surface area contributed by atoms with Crippen molar-refractivity contribution in [2.24, 2.45) is 5.92 Å². The third-order valence-corrected chi connectivity index (χ3v) is 3.68. The Labute approximate surface area is 137 Å². The van der Waals surface area contributed by atoms with Crippen LogP contribution >= 0.6 is 0 Å². The fourth-order valence-corrected chi connectivity index (χ4v) is 2.26. The molecule has 0 bridgehead atoms. The lowest BCUT2D eigenvalue weighted by atomic mass is 10.3. The van der Waals surface area contributed by atoms with Gasteiger partial charge in [-0.15, -0.1) is 5.10 Å². The molecule has 0 atom stereocenters. The van der Waals surface area contributed by atoms with E-state index in [1.54, 1.807) is 18.3 Å². The van der Waals surface area contributed by atoms with E-state index in [0.29, 0.717) is 23.1 Å². The zero-order valence-electron chi connectivity index (χ0n) is 12.6. The molecule has 2 heterocycles. The first-order valence-corrected chi connectivity index (χ1v) is 7.49. The minimum absolute atomic E-state index is 0. The van der Waals surface area contributed by atoms with E-state index in [1.165, 1.54) is 22.7 Å². The number of nitrogens with one attached hydrogen (secondary N) is 1. The van der Waals surface area contributed by atoms with Crippen LogP contribution in [-0.2, 0) is 4.79 Å². The van der Waals surface area contributed by atoms with Crippen LogP contribution in [0.15, 0.2) is 36.5 Å². The third kappa shape index (κ3) is 2.85. The molecule has 124 valence electrons. The molecular formula is C16H16FN5O2. The lowest BCUT2D eigenvalue weighted by Crippen LogP contribution is -2.13. The number of nitrogen functional groups attached to an aromatic ring is 1. The number of imidazole rings is 1. The molecule has 1 fully saturated rings. The molecule has 0 radical (unpaired) electrons. The number of carbonyl (C=O) groups excluding carboxylic acids is 1. The van der Waals surface area contributed by atoms with Crippen molar-refractivity contribution in [1.82, 2.24) is 14.6 Å². The van der Waals surface area contributed by atoms with Crippen molar-refractivity contribution >= 4 is 23.1 Å². The van der Waals surface area contributed by atoms with Crippen molar-refractivity contribution in [3.63, 3.8) is 0 Å². The number of hydrogen-bond acceptors (Lipinski definition) is 5. The smallest absolute Gasteiger partial charge is 0.237 e. The summed E-state index contributed by atoms with van der Waals surface area (Å²) in [6.45, 7) is 0. The highest BCUT2D eigenvalue weighted by Crippen LogP contribution is 2.30. The molecule has 4 rings (SSSR count). The molecule has 7 nitrogen and oxygen atoms in total. The molecule has 1 aliphatic rings. The summed E-state index contributed by atoms with van der Waals surface area (Å²) < 4.78 is 20.2. The number of nitrogens with two attached hydrogens (primary N) is 1. The minimum atomic E-state index is -0.503. The van der Waals surface area contributed by atoms with Crippen LogP contribution in [0.4, 0.5) is 15.9 Å². The maximum absolute atomic E-state index is 13.2. The summed E-state index contributed by atoms with van der Waals surface area (Å²) in [4.78, 5) is 16.1. The van der Waals surface area contributed by atoms with Gasteiger partial charge in [-0.25, -0.2) is 13.9 Å². The van der Waals surface area contributed by atoms with Crippen LogP contribution in [0.25, 0.3) is 5.65 Å². The quantitative estimate of drug-likeness (QED) is 0.718. The Morgan fingerprint density at radius 3 is 2.96 bits per heavy atom. The highest BCUT2D eigenvalue weighted by molar-refractivity contribution is 5.93. The van der Waals surface area contributed by atoms with Gasteiger partial charge in [0.1, 0.15) is 11.6 Å². The number of halogens is 1. The fraction of sp³-hybridized carbons (Fsp3) is 0.188. The summed E-state index contributed by atoms with van der Waals surface area (Å²) in [5.41, 5.74) is 6.09. The van der Waals surface area contributed by atoms with Crippen LogP contribution < -0.4 is 15.8 Å². The number of benzene rings is 1. The number of fused-ring (bicyclic) bond motifs is 1. The zero-order chi connectivity index (χ0) is 16.7. The van der Waals surface area contributed by atoms with Crippen molar-refractivity contribution in [1.29, 1.82) is 0 Å². The minimum Gasteiger partial charge on any atom is -0.438 e. The standard InChI is InChI=1S/C16H14FN5O2.H2/c17-11-4-3-10(7-12(11)18)24-15-6-5-14-19-13(8-22(14)21-15)20-16(23)9-1-2-9;/h3-9H,1-2,18H2,(H,20,23);1H. The number of hydrogen-bond donors (Lipinski definition) is 2. The first-order chi connectivity index (χ1) is 11.6. The monoisotopic (exact) mass is 329 g/mol. The summed E-state index contributed by atoms with van der Waals surface area (Å²) in [6.07, 6.45) is 3.47. The molecule has 3 aromatic rings. The van der Waals surface area contributed by atoms with Gasteiger partial charge in [0.05, 0.1) is 11.9 Å². The van der Waals surface area contributed by atoms with E-state index in [0.717, 1.165) is 12.8 Å². The Hall–Kier alpha value is -3.16. The summed E-state index contributed by atoms with van der Waals surface area (Å²) in [7, 11) is 0. The molecule has 0 unspecified atom stereocenters. The highest BCUT2D eigenvalue weighted by atomic mass is 19.1. The SMILES string of the molecule is Nc1cc(Oc2ccc3nc(NC(=O)C4CC4)cn3n2)ccc1F.[HH]. The van der Waals surface area contributed by atoms with E-state index in [-0.39, 0.29) is 18.9 Å². The van der Waals surface area contributed by atoms with E-state index in [9.17, 15) is 9.18 Å². The van der Waals surface area contributed by atoms with Crippen molar-refractivity contribution in [3.05, 3.63) is 42.3 Å². The Bertz CT molecular complexity index is 941. The van der Waals surface area contributed by atoms with Gasteiger partial charge in [-0.1, -0.05) is 0 Å². The first kappa shape index (κ1) is 14.4. The van der Waals surface area contributed by atoms with Crippen molar-refractivity contribution in [2.45, 2.75) is 12.8 Å². The number of rotatable bonds is 4. The second kappa shape index (κ2) is 5.48. The van der Waals surface area contributed by atoms with E-state index in [4.69, 9.17) is 10.5 Å². The third-order valence-electron chi connectivity index (χ3n) is 3.68. The molecule has 3 N–H and O–H groups in total. The van der Waals surface area contributed by atoms with Crippen LogP contribution in [0, 0.1) is 11.7 Å². The second-order valence-corrected chi connectivity index (χ2v) is 5.65. The second-order valence-electron chi connectivity index (χ2n) is 5.65. The average molecular weight is 329 g/mol. The number of anilines is 2. The van der Waals surface area contributed by atoms with E-state index in [2.05, 4.69) is 15.4 Å². The maximum Gasteiger partial charge on any atom is 0.237 e. The molecule has 1 amide bonds. The lowest BCUT2D eigenvalue weighted by Gasteiger charge is -2.05. The van der Waals surface area contributed by atoms with Crippen LogP contribution in [0.1, 0.15) is 14.3 Å². The van der Waals surface area contributed by atoms with Gasteiger partial charge < -0.3 is 15.8 Å². The number of amides is 1. The van der Waals surface area contributed by atoms with E-state index in [1.807, 2.05) is 0 Å². The summed E-state index contributed by atoms with van der Waals surface area (Å²) >= 11 is 0. The average Bonchev–Trinajstić information content (AvgIpc) is 3.32. The summed E-state index contributed by atoms with van der Waals surface area (Å²) in [6, 6.07) is 7.42. The zero-order valence-corrected chi connectivity index (χ0v) is 12.6. The summed E-state index contributed by atoms with van der Waals surface area (Å²) in [5.74, 6) is 0.704. The first-order valence-electron chi connectivity index (χ1n) is 7.49. The molecule has 1 aromatic carbocycles. The van der Waals surface area contributed by atoms with Crippen LogP contribution in [0.5, 0.6) is 11.6 Å². The van der Waals surface area contributed by atoms with Crippen LogP contribution in [-0.4, -0.2) is 20.5 Å². The van der Waals surface area contributed by atoms with Crippen molar-refractivity contribution in [3.8, 4) is 11.6 Å². The Balaban J connectivity index is 0.00000182.